The van der Waals surface area contributed by atoms with E-state index in [-0.39, 0.29) is 18.6 Å². The summed E-state index contributed by atoms with van der Waals surface area (Å²) < 4.78 is 4.98. The Morgan fingerprint density at radius 2 is 1.68 bits per heavy atom. The van der Waals surface area contributed by atoms with Crippen LogP contribution in [0.1, 0.15) is 11.1 Å². The molecule has 0 saturated heterocycles. The first-order valence-electron chi connectivity index (χ1n) is 6.58. The summed E-state index contributed by atoms with van der Waals surface area (Å²) in [6.07, 6.45) is 0.525. The van der Waals surface area contributed by atoms with E-state index in [1.165, 1.54) is 0 Å². The van der Waals surface area contributed by atoms with Crippen LogP contribution in [-0.4, -0.2) is 10.8 Å². The number of ketones is 1. The van der Waals surface area contributed by atoms with E-state index < -0.39 is 5.76 Å². The topological polar surface area (TPSA) is 63.1 Å². The van der Waals surface area contributed by atoms with Crippen LogP contribution in [0.25, 0.3) is 11.1 Å². The van der Waals surface area contributed by atoms with Gasteiger partial charge in [0.25, 0.3) is 0 Å². The van der Waals surface area contributed by atoms with Gasteiger partial charge in [0.15, 0.2) is 5.58 Å². The number of aromatic nitrogens is 1. The lowest BCUT2D eigenvalue weighted by molar-refractivity contribution is -0.117. The lowest BCUT2D eigenvalue weighted by Crippen LogP contribution is -2.06. The molecule has 0 unspecified atom stereocenters. The van der Waals surface area contributed by atoms with Crippen LogP contribution in [0, 0.1) is 0 Å². The lowest BCUT2D eigenvalue weighted by atomic mass is 10.0. The van der Waals surface area contributed by atoms with Crippen molar-refractivity contribution in [2.45, 2.75) is 12.8 Å². The van der Waals surface area contributed by atoms with Gasteiger partial charge < -0.3 is 4.42 Å². The van der Waals surface area contributed by atoms with Gasteiger partial charge in [0.1, 0.15) is 5.78 Å². The van der Waals surface area contributed by atoms with Crippen molar-refractivity contribution in [3.63, 3.8) is 0 Å². The zero-order valence-corrected chi connectivity index (χ0v) is 12.9. The van der Waals surface area contributed by atoms with Crippen molar-refractivity contribution in [1.29, 1.82) is 0 Å². The first kappa shape index (κ1) is 14.9. The number of carbonyl (C=O) groups is 1. The molecule has 0 amide bonds. The van der Waals surface area contributed by atoms with Crippen molar-refractivity contribution < 1.29 is 9.21 Å². The smallest absolute Gasteiger partial charge is 0.408 e. The summed E-state index contributed by atoms with van der Waals surface area (Å²) in [6, 6.07) is 10.4. The summed E-state index contributed by atoms with van der Waals surface area (Å²) in [6.45, 7) is 0. The second-order valence-corrected chi connectivity index (χ2v) is 5.80. The number of hydrogen-bond donors (Lipinski definition) is 1. The Labute approximate surface area is 135 Å². The molecule has 0 spiro atoms. The van der Waals surface area contributed by atoms with Gasteiger partial charge in [-0.1, -0.05) is 35.3 Å². The number of oxazole rings is 1. The molecule has 0 aliphatic rings. The largest absolute Gasteiger partial charge is 0.417 e. The minimum atomic E-state index is -0.505. The standard InChI is InChI=1S/C16H11Cl2NO3/c17-12-3-1-9(7-13(12)18)5-11(20)6-10-2-4-14-15(8-10)22-16(21)19-14/h1-4,7-8H,5-6H2,(H,19,21). The van der Waals surface area contributed by atoms with Crippen LogP contribution in [0.5, 0.6) is 0 Å². The van der Waals surface area contributed by atoms with E-state index in [0.717, 1.165) is 11.1 Å². The van der Waals surface area contributed by atoms with Crippen molar-refractivity contribution >= 4 is 40.1 Å². The molecule has 112 valence electrons. The zero-order valence-electron chi connectivity index (χ0n) is 11.4. The Morgan fingerprint density at radius 1 is 1.00 bits per heavy atom. The second-order valence-electron chi connectivity index (χ2n) is 4.99. The van der Waals surface area contributed by atoms with Crippen LogP contribution >= 0.6 is 23.2 Å². The van der Waals surface area contributed by atoms with Crippen LogP contribution < -0.4 is 5.76 Å². The summed E-state index contributed by atoms with van der Waals surface area (Å²) >= 11 is 11.8. The van der Waals surface area contributed by atoms with Gasteiger partial charge in [0.05, 0.1) is 15.6 Å². The maximum Gasteiger partial charge on any atom is 0.417 e. The Balaban J connectivity index is 1.74. The molecule has 6 heteroatoms. The van der Waals surface area contributed by atoms with Crippen LogP contribution in [-0.2, 0) is 17.6 Å². The Kier molecular flexibility index (Phi) is 4.05. The summed E-state index contributed by atoms with van der Waals surface area (Å²) in [5, 5.41) is 0.897. The molecule has 3 rings (SSSR count). The fraction of sp³-hybridized carbons (Fsp3) is 0.125. The van der Waals surface area contributed by atoms with Gasteiger partial charge in [-0.25, -0.2) is 4.79 Å². The fourth-order valence-electron chi connectivity index (χ4n) is 2.27. The third kappa shape index (κ3) is 3.24. The van der Waals surface area contributed by atoms with Gasteiger partial charge in [0, 0.05) is 12.8 Å². The van der Waals surface area contributed by atoms with Crippen molar-refractivity contribution in [3.8, 4) is 0 Å². The molecule has 1 heterocycles. The Hall–Kier alpha value is -2.04. The third-order valence-corrected chi connectivity index (χ3v) is 4.01. The minimum Gasteiger partial charge on any atom is -0.408 e. The third-order valence-electron chi connectivity index (χ3n) is 3.27. The van der Waals surface area contributed by atoms with Gasteiger partial charge in [-0.05, 0) is 35.4 Å². The van der Waals surface area contributed by atoms with E-state index in [1.54, 1.807) is 36.4 Å². The average Bonchev–Trinajstić information content (AvgIpc) is 2.82. The number of aromatic amines is 1. The molecule has 22 heavy (non-hydrogen) atoms. The monoisotopic (exact) mass is 335 g/mol. The van der Waals surface area contributed by atoms with Crippen molar-refractivity contribution in [2.75, 3.05) is 0 Å². The highest BCUT2D eigenvalue weighted by molar-refractivity contribution is 6.42. The number of nitrogens with one attached hydrogen (secondary N) is 1. The van der Waals surface area contributed by atoms with Gasteiger partial charge in [-0.15, -0.1) is 0 Å². The van der Waals surface area contributed by atoms with E-state index in [1.807, 2.05) is 0 Å². The Morgan fingerprint density at radius 3 is 2.41 bits per heavy atom. The van der Waals surface area contributed by atoms with Gasteiger partial charge >= 0.3 is 5.76 Å². The number of H-pyrrole nitrogens is 1. The number of benzene rings is 2. The highest BCUT2D eigenvalue weighted by Crippen LogP contribution is 2.23. The maximum atomic E-state index is 12.1. The van der Waals surface area contributed by atoms with E-state index in [2.05, 4.69) is 4.98 Å². The summed E-state index contributed by atoms with van der Waals surface area (Å²) in [5.74, 6) is -0.468. The van der Waals surface area contributed by atoms with E-state index in [9.17, 15) is 9.59 Å². The van der Waals surface area contributed by atoms with Gasteiger partial charge in [-0.3, -0.25) is 9.78 Å². The predicted molar refractivity (Wildman–Crippen MR) is 85.7 cm³/mol. The first-order valence-corrected chi connectivity index (χ1v) is 7.34. The quantitative estimate of drug-likeness (QED) is 0.789. The number of Topliss-reactive ketones (excluding diaryl/α,β-unsaturated/α-hetero) is 1. The second kappa shape index (κ2) is 5.99. The molecule has 0 saturated carbocycles. The SMILES string of the molecule is O=C(Cc1ccc(Cl)c(Cl)c1)Cc1ccc2[nH]c(=O)oc2c1. The minimum absolute atomic E-state index is 0.0376. The van der Waals surface area contributed by atoms with Crippen LogP contribution in [0.4, 0.5) is 0 Å². The molecule has 0 fully saturated rings. The highest BCUT2D eigenvalue weighted by atomic mass is 35.5. The highest BCUT2D eigenvalue weighted by Gasteiger charge is 2.09. The maximum absolute atomic E-state index is 12.1. The fourth-order valence-corrected chi connectivity index (χ4v) is 2.59. The number of hydrogen-bond acceptors (Lipinski definition) is 3. The number of rotatable bonds is 4. The van der Waals surface area contributed by atoms with E-state index >= 15 is 0 Å². The number of fused-ring (bicyclic) bond motifs is 1. The summed E-state index contributed by atoms with van der Waals surface area (Å²) in [5.41, 5.74) is 2.67. The average molecular weight is 336 g/mol. The summed E-state index contributed by atoms with van der Waals surface area (Å²) in [4.78, 5) is 25.8. The molecule has 1 N–H and O–H groups in total. The van der Waals surface area contributed by atoms with Crippen LogP contribution in [0.2, 0.25) is 10.0 Å². The van der Waals surface area contributed by atoms with Crippen LogP contribution in [0.15, 0.2) is 45.6 Å². The van der Waals surface area contributed by atoms with Gasteiger partial charge in [0.2, 0.25) is 0 Å². The van der Waals surface area contributed by atoms with Crippen LogP contribution in [0.3, 0.4) is 0 Å². The molecule has 0 atom stereocenters. The van der Waals surface area contributed by atoms with Crippen molar-refractivity contribution in [2.24, 2.45) is 0 Å². The first-order chi connectivity index (χ1) is 10.5. The normalized spacial score (nSPS) is 11.0. The van der Waals surface area contributed by atoms with E-state index in [4.69, 9.17) is 27.6 Å². The molecule has 3 aromatic rings. The van der Waals surface area contributed by atoms with Crippen molar-refractivity contribution in [1.82, 2.24) is 4.98 Å². The molecule has 2 aromatic carbocycles. The molecular weight excluding hydrogens is 325 g/mol. The zero-order chi connectivity index (χ0) is 15.7. The van der Waals surface area contributed by atoms with Gasteiger partial charge in [-0.2, -0.15) is 0 Å². The molecule has 0 radical (unpaired) electrons. The van der Waals surface area contributed by atoms with Crippen molar-refractivity contribution in [3.05, 3.63) is 68.1 Å². The molecule has 0 aliphatic heterocycles. The number of carbonyl (C=O) groups excluding carboxylic acids is 1. The summed E-state index contributed by atoms with van der Waals surface area (Å²) in [7, 11) is 0. The Bertz CT molecular complexity index is 911. The number of halogens is 2. The lowest BCUT2D eigenvalue weighted by Gasteiger charge is -2.03. The molecule has 1 aromatic heterocycles. The predicted octanol–water partition coefficient (Wildman–Crippen LogP) is 3.78. The molecule has 0 aliphatic carbocycles. The molecular formula is C16H11Cl2NO3. The molecule has 0 bridgehead atoms. The molecule has 4 nitrogen and oxygen atoms in total. The van der Waals surface area contributed by atoms with E-state index in [0.29, 0.717) is 21.1 Å².